The molecule has 1 aliphatic carbocycles. The minimum Gasteiger partial charge on any atom is -0.393 e. The largest absolute Gasteiger partial charge is 0.393 e. The standard InChI is InChI=1S/C17H26N2O3S/c20-14-7-5-13(6-8-14)18-17(21)19(11-15-3-1-9-22-15)12-16-4-2-10-23-16/h2,4,10,13-15,20H,1,3,5-9,11-12H2,(H,18,21)/t13?,14?,15-/m1/s1. The Hall–Kier alpha value is -1.11. The summed E-state index contributed by atoms with van der Waals surface area (Å²) < 4.78 is 5.71. The molecule has 1 aliphatic heterocycles. The van der Waals surface area contributed by atoms with E-state index in [1.165, 1.54) is 4.88 Å². The summed E-state index contributed by atoms with van der Waals surface area (Å²) in [4.78, 5) is 15.8. The van der Waals surface area contributed by atoms with Gasteiger partial charge in [-0.3, -0.25) is 0 Å². The summed E-state index contributed by atoms with van der Waals surface area (Å²) in [6, 6.07) is 4.26. The molecule has 0 unspecified atom stereocenters. The molecule has 23 heavy (non-hydrogen) atoms. The van der Waals surface area contributed by atoms with Crippen molar-refractivity contribution in [3.8, 4) is 0 Å². The Balaban J connectivity index is 1.57. The zero-order chi connectivity index (χ0) is 16.1. The Morgan fingerprint density at radius 2 is 2.17 bits per heavy atom. The Labute approximate surface area is 141 Å². The highest BCUT2D eigenvalue weighted by Gasteiger charge is 2.26. The van der Waals surface area contributed by atoms with E-state index in [1.54, 1.807) is 11.3 Å². The lowest BCUT2D eigenvalue weighted by atomic mass is 9.93. The fraction of sp³-hybridized carbons (Fsp3) is 0.706. The highest BCUT2D eigenvalue weighted by atomic mass is 32.1. The number of hydrogen-bond donors (Lipinski definition) is 2. The van der Waals surface area contributed by atoms with Crippen molar-refractivity contribution < 1.29 is 14.6 Å². The Kier molecular flexibility index (Phi) is 5.91. The summed E-state index contributed by atoms with van der Waals surface area (Å²) in [5.41, 5.74) is 0. The molecule has 2 N–H and O–H groups in total. The van der Waals surface area contributed by atoms with Gasteiger partial charge in [0.05, 0.1) is 18.8 Å². The molecule has 0 spiro atoms. The average molecular weight is 338 g/mol. The highest BCUT2D eigenvalue weighted by molar-refractivity contribution is 7.09. The van der Waals surface area contributed by atoms with E-state index in [1.807, 2.05) is 16.3 Å². The van der Waals surface area contributed by atoms with Gasteiger partial charge in [-0.2, -0.15) is 0 Å². The van der Waals surface area contributed by atoms with E-state index in [-0.39, 0.29) is 24.3 Å². The monoisotopic (exact) mass is 338 g/mol. The molecule has 5 nitrogen and oxygen atoms in total. The first-order chi connectivity index (χ1) is 11.2. The van der Waals surface area contributed by atoms with Crippen molar-refractivity contribution in [1.29, 1.82) is 0 Å². The molecular weight excluding hydrogens is 312 g/mol. The van der Waals surface area contributed by atoms with Crippen molar-refractivity contribution in [3.63, 3.8) is 0 Å². The molecule has 0 bridgehead atoms. The maximum Gasteiger partial charge on any atom is 0.318 e. The molecule has 0 aromatic carbocycles. The number of amides is 2. The number of nitrogens with one attached hydrogen (secondary N) is 1. The Morgan fingerprint density at radius 3 is 2.83 bits per heavy atom. The van der Waals surface area contributed by atoms with E-state index in [0.717, 1.165) is 45.1 Å². The number of rotatable bonds is 5. The van der Waals surface area contributed by atoms with E-state index in [2.05, 4.69) is 11.4 Å². The fourth-order valence-electron chi connectivity index (χ4n) is 3.33. The van der Waals surface area contributed by atoms with Crippen LogP contribution in [0.4, 0.5) is 4.79 Å². The van der Waals surface area contributed by atoms with Crippen LogP contribution in [0.3, 0.4) is 0 Å². The van der Waals surface area contributed by atoms with Crippen LogP contribution in [0.1, 0.15) is 43.4 Å². The number of aliphatic hydroxyl groups excluding tert-OH is 1. The molecule has 2 heterocycles. The molecular formula is C17H26N2O3S. The number of thiophene rings is 1. The van der Waals surface area contributed by atoms with E-state index < -0.39 is 0 Å². The first kappa shape index (κ1) is 16.7. The van der Waals surface area contributed by atoms with Crippen molar-refractivity contribution in [2.24, 2.45) is 0 Å². The van der Waals surface area contributed by atoms with Crippen LogP contribution in [0.5, 0.6) is 0 Å². The van der Waals surface area contributed by atoms with E-state index in [4.69, 9.17) is 4.74 Å². The Morgan fingerprint density at radius 1 is 1.35 bits per heavy atom. The van der Waals surface area contributed by atoms with Gasteiger partial charge in [-0.15, -0.1) is 11.3 Å². The predicted octanol–water partition coefficient (Wildman–Crippen LogP) is 2.74. The lowest BCUT2D eigenvalue weighted by molar-refractivity contribution is 0.0771. The zero-order valence-corrected chi connectivity index (χ0v) is 14.3. The summed E-state index contributed by atoms with van der Waals surface area (Å²) >= 11 is 1.68. The molecule has 1 atom stereocenters. The molecule has 1 saturated heterocycles. The zero-order valence-electron chi connectivity index (χ0n) is 13.4. The lowest BCUT2D eigenvalue weighted by Gasteiger charge is -2.30. The third-order valence-electron chi connectivity index (χ3n) is 4.69. The molecule has 1 aromatic rings. The van der Waals surface area contributed by atoms with Gasteiger partial charge in [-0.25, -0.2) is 4.79 Å². The van der Waals surface area contributed by atoms with Crippen molar-refractivity contribution >= 4 is 17.4 Å². The molecule has 1 saturated carbocycles. The van der Waals surface area contributed by atoms with Crippen molar-refractivity contribution in [3.05, 3.63) is 22.4 Å². The summed E-state index contributed by atoms with van der Waals surface area (Å²) in [5.74, 6) is 0. The molecule has 2 amide bonds. The molecule has 0 radical (unpaired) electrons. The third-order valence-corrected chi connectivity index (χ3v) is 5.55. The first-order valence-electron chi connectivity index (χ1n) is 8.58. The van der Waals surface area contributed by atoms with Crippen LogP contribution < -0.4 is 5.32 Å². The quantitative estimate of drug-likeness (QED) is 0.868. The van der Waals surface area contributed by atoms with Crippen LogP contribution in [-0.4, -0.2) is 47.4 Å². The number of aliphatic hydroxyl groups is 1. The summed E-state index contributed by atoms with van der Waals surface area (Å²) in [6.07, 6.45) is 5.36. The minimum atomic E-state index is -0.197. The van der Waals surface area contributed by atoms with Gasteiger partial charge in [0.25, 0.3) is 0 Å². The van der Waals surface area contributed by atoms with Gasteiger partial charge in [0, 0.05) is 24.1 Å². The van der Waals surface area contributed by atoms with Crippen LogP contribution in [0.25, 0.3) is 0 Å². The fourth-order valence-corrected chi connectivity index (χ4v) is 4.05. The predicted molar refractivity (Wildman–Crippen MR) is 90.5 cm³/mol. The summed E-state index contributed by atoms with van der Waals surface area (Å²) in [7, 11) is 0. The number of carbonyl (C=O) groups excluding carboxylic acids is 1. The van der Waals surface area contributed by atoms with Gasteiger partial charge in [0.1, 0.15) is 0 Å². The van der Waals surface area contributed by atoms with Crippen LogP contribution in [-0.2, 0) is 11.3 Å². The van der Waals surface area contributed by atoms with Gasteiger partial charge in [0.2, 0.25) is 0 Å². The summed E-state index contributed by atoms with van der Waals surface area (Å²) in [6.45, 7) is 2.09. The van der Waals surface area contributed by atoms with Crippen LogP contribution in [0, 0.1) is 0 Å². The number of nitrogens with zero attached hydrogens (tertiary/aromatic N) is 1. The maximum atomic E-state index is 12.7. The number of urea groups is 1. The van der Waals surface area contributed by atoms with Gasteiger partial charge in [-0.1, -0.05) is 6.07 Å². The maximum absolute atomic E-state index is 12.7. The van der Waals surface area contributed by atoms with Gasteiger partial charge >= 0.3 is 6.03 Å². The molecule has 6 heteroatoms. The SMILES string of the molecule is O=C(NC1CCC(O)CC1)N(Cc1cccs1)C[C@H]1CCCO1. The van der Waals surface area contributed by atoms with Crippen LogP contribution >= 0.6 is 11.3 Å². The molecule has 128 valence electrons. The van der Waals surface area contributed by atoms with Crippen LogP contribution in [0.2, 0.25) is 0 Å². The van der Waals surface area contributed by atoms with Crippen molar-refractivity contribution in [2.75, 3.05) is 13.2 Å². The second-order valence-corrected chi connectivity index (χ2v) is 7.58. The minimum absolute atomic E-state index is 0.00436. The molecule has 2 aliphatic rings. The first-order valence-corrected chi connectivity index (χ1v) is 9.46. The van der Waals surface area contributed by atoms with E-state index in [9.17, 15) is 9.90 Å². The smallest absolute Gasteiger partial charge is 0.318 e. The molecule has 2 fully saturated rings. The number of ether oxygens (including phenoxy) is 1. The lowest BCUT2D eigenvalue weighted by Crippen LogP contribution is -2.48. The molecule has 3 rings (SSSR count). The van der Waals surface area contributed by atoms with Crippen molar-refractivity contribution in [1.82, 2.24) is 10.2 Å². The summed E-state index contributed by atoms with van der Waals surface area (Å²) in [5, 5.41) is 14.8. The van der Waals surface area contributed by atoms with E-state index >= 15 is 0 Å². The Bertz CT molecular complexity index is 480. The number of hydrogen-bond acceptors (Lipinski definition) is 4. The third kappa shape index (κ3) is 4.93. The van der Waals surface area contributed by atoms with Crippen LogP contribution in [0.15, 0.2) is 17.5 Å². The second-order valence-electron chi connectivity index (χ2n) is 6.55. The van der Waals surface area contributed by atoms with E-state index in [0.29, 0.717) is 13.1 Å². The average Bonchev–Trinajstić information content (AvgIpc) is 3.22. The van der Waals surface area contributed by atoms with Gasteiger partial charge < -0.3 is 20.1 Å². The molecule has 1 aromatic heterocycles. The normalized spacial score (nSPS) is 27.8. The topological polar surface area (TPSA) is 61.8 Å². The van der Waals surface area contributed by atoms with Gasteiger partial charge in [0.15, 0.2) is 0 Å². The second kappa shape index (κ2) is 8.13. The highest BCUT2D eigenvalue weighted by Crippen LogP contribution is 2.20. The van der Waals surface area contributed by atoms with Gasteiger partial charge in [-0.05, 0) is 50.0 Å². The van der Waals surface area contributed by atoms with Crippen molar-refractivity contribution in [2.45, 2.75) is 63.3 Å². The number of carbonyl (C=O) groups is 1.